The number of hydrogen-bond donors (Lipinski definition) is 2. The van der Waals surface area contributed by atoms with E-state index in [1.54, 1.807) is 12.3 Å². The van der Waals surface area contributed by atoms with Crippen molar-refractivity contribution in [3.63, 3.8) is 0 Å². The Morgan fingerprint density at radius 1 is 1.19 bits per heavy atom. The Labute approximate surface area is 93.9 Å². The van der Waals surface area contributed by atoms with Crippen LogP contribution >= 0.6 is 11.3 Å². The molecule has 0 aliphatic heterocycles. The largest absolute Gasteiger partial charge is 0.462 e. The molecule has 0 unspecified atom stereocenters. The van der Waals surface area contributed by atoms with Crippen LogP contribution in [-0.2, 0) is 0 Å². The summed E-state index contributed by atoms with van der Waals surface area (Å²) in [5.41, 5.74) is 11.8. The summed E-state index contributed by atoms with van der Waals surface area (Å²) in [7, 11) is 0. The molecule has 0 saturated heterocycles. The number of thiazole rings is 1. The van der Waals surface area contributed by atoms with Crippen molar-refractivity contribution in [3.05, 3.63) is 18.4 Å². The molecule has 0 spiro atoms. The van der Waals surface area contributed by atoms with Crippen LogP contribution in [0.2, 0.25) is 0 Å². The third-order valence-electron chi connectivity index (χ3n) is 2.03. The van der Waals surface area contributed by atoms with Crippen LogP contribution in [0, 0.1) is 0 Å². The first kappa shape index (κ1) is 9.10. The maximum Gasteiger partial charge on any atom is 0.223 e. The van der Waals surface area contributed by atoms with Crippen molar-refractivity contribution in [1.29, 1.82) is 0 Å². The fourth-order valence-corrected chi connectivity index (χ4v) is 2.29. The Morgan fingerprint density at radius 2 is 2.06 bits per heavy atom. The molecular formula is C9H7N5OS. The van der Waals surface area contributed by atoms with Gasteiger partial charge in [0.25, 0.3) is 0 Å². The second-order valence-corrected chi connectivity index (χ2v) is 4.09. The molecule has 6 nitrogen and oxygen atoms in total. The highest BCUT2D eigenvalue weighted by atomic mass is 32.1. The number of nitrogens with two attached hydrogens (primary N) is 2. The van der Waals surface area contributed by atoms with Crippen molar-refractivity contribution in [1.82, 2.24) is 15.0 Å². The molecule has 0 bridgehead atoms. The number of furan rings is 1. The van der Waals surface area contributed by atoms with Gasteiger partial charge in [-0.1, -0.05) is 11.3 Å². The van der Waals surface area contributed by atoms with Gasteiger partial charge in [-0.25, -0.2) is 9.97 Å². The normalized spacial score (nSPS) is 11.0. The highest BCUT2D eigenvalue weighted by Crippen LogP contribution is 2.31. The van der Waals surface area contributed by atoms with Gasteiger partial charge >= 0.3 is 0 Å². The molecule has 0 saturated carbocycles. The molecule has 4 N–H and O–H groups in total. The summed E-state index contributed by atoms with van der Waals surface area (Å²) >= 11 is 1.37. The number of anilines is 2. The Bertz CT molecular complexity index is 645. The molecule has 0 aromatic carbocycles. The maximum absolute atomic E-state index is 5.71. The van der Waals surface area contributed by atoms with Gasteiger partial charge in [0.05, 0.1) is 6.26 Å². The average Bonchev–Trinajstić information content (AvgIpc) is 2.82. The predicted octanol–water partition coefficient (Wildman–Crippen LogP) is 1.51. The summed E-state index contributed by atoms with van der Waals surface area (Å²) in [5.74, 6) is 1.12. The van der Waals surface area contributed by atoms with E-state index in [2.05, 4.69) is 15.0 Å². The van der Waals surface area contributed by atoms with Gasteiger partial charge in [0.1, 0.15) is 5.52 Å². The predicted molar refractivity (Wildman–Crippen MR) is 61.7 cm³/mol. The second kappa shape index (κ2) is 3.17. The molecule has 7 heteroatoms. The molecule has 0 amide bonds. The summed E-state index contributed by atoms with van der Waals surface area (Å²) in [6.07, 6.45) is 1.59. The van der Waals surface area contributed by atoms with E-state index in [1.807, 2.05) is 6.07 Å². The van der Waals surface area contributed by atoms with Crippen molar-refractivity contribution >= 4 is 33.5 Å². The van der Waals surface area contributed by atoms with Gasteiger partial charge in [-0.2, -0.15) is 4.98 Å². The molecule has 0 fully saturated rings. The lowest BCUT2D eigenvalue weighted by Crippen LogP contribution is -1.99. The van der Waals surface area contributed by atoms with Crippen LogP contribution in [-0.4, -0.2) is 15.0 Å². The van der Waals surface area contributed by atoms with Crippen LogP contribution in [0.5, 0.6) is 0 Å². The lowest BCUT2D eigenvalue weighted by molar-refractivity contribution is 0.582. The molecule has 3 heterocycles. The fourth-order valence-electron chi connectivity index (χ4n) is 1.37. The third-order valence-corrected chi connectivity index (χ3v) is 3.00. The van der Waals surface area contributed by atoms with Gasteiger partial charge in [-0.3, -0.25) is 0 Å². The molecule has 3 rings (SSSR count). The van der Waals surface area contributed by atoms with Crippen molar-refractivity contribution in [2.24, 2.45) is 0 Å². The molecule has 16 heavy (non-hydrogen) atoms. The minimum Gasteiger partial charge on any atom is -0.462 e. The minimum atomic E-state index is 0.152. The first-order chi connectivity index (χ1) is 7.74. The van der Waals surface area contributed by atoms with Crippen LogP contribution in [0.4, 0.5) is 11.8 Å². The van der Waals surface area contributed by atoms with Crippen LogP contribution in [0.25, 0.3) is 21.1 Å². The fraction of sp³-hybridized carbons (Fsp3) is 0. The molecular weight excluding hydrogens is 226 g/mol. The minimum absolute atomic E-state index is 0.152. The summed E-state index contributed by atoms with van der Waals surface area (Å²) in [4.78, 5) is 12.9. The van der Waals surface area contributed by atoms with Gasteiger partial charge in [0.2, 0.25) is 5.95 Å². The van der Waals surface area contributed by atoms with E-state index in [0.717, 1.165) is 0 Å². The van der Waals surface area contributed by atoms with Gasteiger partial charge < -0.3 is 15.9 Å². The Morgan fingerprint density at radius 3 is 2.81 bits per heavy atom. The average molecular weight is 233 g/mol. The lowest BCUT2D eigenvalue weighted by atomic mass is 10.4. The van der Waals surface area contributed by atoms with Crippen LogP contribution in [0.15, 0.2) is 22.8 Å². The van der Waals surface area contributed by atoms with Crippen molar-refractivity contribution in [2.75, 3.05) is 11.5 Å². The summed E-state index contributed by atoms with van der Waals surface area (Å²) in [6, 6.07) is 3.62. The van der Waals surface area contributed by atoms with Crippen molar-refractivity contribution in [3.8, 4) is 10.8 Å². The Kier molecular flexibility index (Phi) is 1.80. The first-order valence-electron chi connectivity index (χ1n) is 4.47. The van der Waals surface area contributed by atoms with E-state index < -0.39 is 0 Å². The molecule has 0 aliphatic carbocycles. The topological polar surface area (TPSA) is 104 Å². The zero-order valence-corrected chi connectivity index (χ0v) is 8.86. The first-order valence-corrected chi connectivity index (χ1v) is 5.29. The van der Waals surface area contributed by atoms with Crippen LogP contribution < -0.4 is 11.5 Å². The monoisotopic (exact) mass is 233 g/mol. The molecule has 0 atom stereocenters. The summed E-state index contributed by atoms with van der Waals surface area (Å²) < 4.78 is 5.25. The van der Waals surface area contributed by atoms with E-state index in [-0.39, 0.29) is 11.8 Å². The van der Waals surface area contributed by atoms with Crippen molar-refractivity contribution < 1.29 is 4.42 Å². The molecule has 80 valence electrons. The number of aromatic nitrogens is 3. The quantitative estimate of drug-likeness (QED) is 0.660. The number of nitrogen functional groups attached to an aromatic ring is 2. The van der Waals surface area contributed by atoms with Gasteiger partial charge in [-0.15, -0.1) is 0 Å². The molecule has 3 aromatic heterocycles. The lowest BCUT2D eigenvalue weighted by Gasteiger charge is -1.93. The molecule has 3 aromatic rings. The van der Waals surface area contributed by atoms with E-state index >= 15 is 0 Å². The maximum atomic E-state index is 5.71. The van der Waals surface area contributed by atoms with Gasteiger partial charge in [0, 0.05) is 0 Å². The standard InChI is InChI=1S/C9H7N5OS/c10-6-5-8(14-9(11)13-6)16-7(12-5)4-2-1-3-15-4/h1-3H,(H4,10,11,13,14). The Balaban J connectivity index is 2.27. The van der Waals surface area contributed by atoms with Gasteiger partial charge in [-0.05, 0) is 12.1 Å². The summed E-state index contributed by atoms with van der Waals surface area (Å²) in [6.45, 7) is 0. The van der Waals surface area contributed by atoms with E-state index in [1.165, 1.54) is 11.3 Å². The number of hydrogen-bond acceptors (Lipinski definition) is 7. The third kappa shape index (κ3) is 1.29. The molecule has 0 radical (unpaired) electrons. The highest BCUT2D eigenvalue weighted by molar-refractivity contribution is 7.21. The highest BCUT2D eigenvalue weighted by Gasteiger charge is 2.12. The number of fused-ring (bicyclic) bond motifs is 1. The van der Waals surface area contributed by atoms with Crippen LogP contribution in [0.3, 0.4) is 0 Å². The van der Waals surface area contributed by atoms with E-state index in [9.17, 15) is 0 Å². The zero-order chi connectivity index (χ0) is 11.1. The van der Waals surface area contributed by atoms with Crippen molar-refractivity contribution in [2.45, 2.75) is 0 Å². The molecule has 0 aliphatic rings. The number of nitrogens with zero attached hydrogens (tertiary/aromatic N) is 3. The SMILES string of the molecule is Nc1nc(N)c2nc(-c3ccco3)sc2n1. The summed E-state index contributed by atoms with van der Waals surface area (Å²) in [5, 5.41) is 0.714. The van der Waals surface area contributed by atoms with Crippen LogP contribution in [0.1, 0.15) is 0 Å². The Hall–Kier alpha value is -2.15. The van der Waals surface area contributed by atoms with E-state index in [4.69, 9.17) is 15.9 Å². The smallest absolute Gasteiger partial charge is 0.223 e. The second-order valence-electron chi connectivity index (χ2n) is 3.12. The van der Waals surface area contributed by atoms with E-state index in [0.29, 0.717) is 21.1 Å². The van der Waals surface area contributed by atoms with Gasteiger partial charge in [0.15, 0.2) is 21.4 Å². The number of rotatable bonds is 1. The zero-order valence-electron chi connectivity index (χ0n) is 8.04.